The third kappa shape index (κ3) is 2.30. The quantitative estimate of drug-likeness (QED) is 0.923. The maximum Gasteiger partial charge on any atom is 0.0701 e. The van der Waals surface area contributed by atoms with Gasteiger partial charge in [-0.25, -0.2) is 0 Å². The van der Waals surface area contributed by atoms with Crippen LogP contribution in [0.2, 0.25) is 0 Å². The number of thioether (sulfide) groups is 1. The predicted octanol–water partition coefficient (Wildman–Crippen LogP) is 3.40. The maximum atomic E-state index is 10.4. The summed E-state index contributed by atoms with van der Waals surface area (Å²) in [5, 5.41) is 11.1. The van der Waals surface area contributed by atoms with Gasteiger partial charge in [-0.15, -0.1) is 11.8 Å². The molecular weight excluding hydrogens is 266 g/mol. The minimum atomic E-state index is -0.140. The van der Waals surface area contributed by atoms with E-state index < -0.39 is 0 Å². The number of benzene rings is 1. The summed E-state index contributed by atoms with van der Waals surface area (Å²) in [6, 6.07) is 11.1. The molecule has 1 heterocycles. The first-order valence-corrected chi connectivity index (χ1v) is 8.65. The molecule has 0 radical (unpaired) electrons. The highest BCUT2D eigenvalue weighted by atomic mass is 32.2. The molecule has 2 aliphatic rings. The summed E-state index contributed by atoms with van der Waals surface area (Å²) in [6.45, 7) is 3.41. The molecule has 1 aliphatic heterocycles. The van der Waals surface area contributed by atoms with Crippen LogP contribution in [-0.2, 0) is 0 Å². The van der Waals surface area contributed by atoms with Crippen LogP contribution in [0.25, 0.3) is 0 Å². The second kappa shape index (κ2) is 5.70. The van der Waals surface area contributed by atoms with Crippen molar-refractivity contribution in [2.45, 2.75) is 54.9 Å². The third-order valence-corrected chi connectivity index (χ3v) is 6.93. The fourth-order valence-electron chi connectivity index (χ4n) is 4.39. The van der Waals surface area contributed by atoms with E-state index in [2.05, 4.69) is 49.2 Å². The van der Waals surface area contributed by atoms with Crippen molar-refractivity contribution in [3.8, 4) is 0 Å². The summed E-state index contributed by atoms with van der Waals surface area (Å²) < 4.78 is 0. The molecule has 1 N–H and O–H groups in total. The molecule has 1 saturated carbocycles. The van der Waals surface area contributed by atoms with Crippen LogP contribution >= 0.6 is 11.8 Å². The third-order valence-electron chi connectivity index (χ3n) is 5.40. The summed E-state index contributed by atoms with van der Waals surface area (Å²) in [6.07, 6.45) is 4.40. The Morgan fingerprint density at radius 1 is 1.30 bits per heavy atom. The monoisotopic (exact) mass is 291 g/mol. The van der Waals surface area contributed by atoms with E-state index in [1.807, 2.05) is 11.8 Å². The lowest BCUT2D eigenvalue weighted by atomic mass is 9.72. The molecule has 1 aliphatic carbocycles. The van der Waals surface area contributed by atoms with Crippen molar-refractivity contribution in [2.75, 3.05) is 13.6 Å². The van der Waals surface area contributed by atoms with Crippen molar-refractivity contribution in [1.29, 1.82) is 0 Å². The SMILES string of the molecule is CC[C@]12CC[C@H](O)[C@@H]1N(C)CC[C@@H]2Sc1ccccc1. The van der Waals surface area contributed by atoms with E-state index in [0.717, 1.165) is 13.0 Å². The first-order valence-electron chi connectivity index (χ1n) is 7.77. The molecule has 2 fully saturated rings. The van der Waals surface area contributed by atoms with Crippen LogP contribution in [-0.4, -0.2) is 41.0 Å². The Balaban J connectivity index is 1.87. The summed E-state index contributed by atoms with van der Waals surface area (Å²) in [5.41, 5.74) is 0.285. The van der Waals surface area contributed by atoms with E-state index in [0.29, 0.717) is 11.3 Å². The van der Waals surface area contributed by atoms with Crippen LogP contribution in [0.15, 0.2) is 35.2 Å². The van der Waals surface area contributed by atoms with Gasteiger partial charge in [0.15, 0.2) is 0 Å². The Kier molecular flexibility index (Phi) is 4.11. The lowest BCUT2D eigenvalue weighted by molar-refractivity contribution is -0.00181. The van der Waals surface area contributed by atoms with Crippen LogP contribution in [0, 0.1) is 5.41 Å². The number of piperidine rings is 1. The Morgan fingerprint density at radius 2 is 2.05 bits per heavy atom. The minimum Gasteiger partial charge on any atom is -0.391 e. The summed E-state index contributed by atoms with van der Waals surface area (Å²) in [7, 11) is 2.19. The van der Waals surface area contributed by atoms with Gasteiger partial charge in [0.2, 0.25) is 0 Å². The van der Waals surface area contributed by atoms with Crippen molar-refractivity contribution in [1.82, 2.24) is 4.90 Å². The summed E-state index contributed by atoms with van der Waals surface area (Å²) in [4.78, 5) is 3.78. The highest BCUT2D eigenvalue weighted by Gasteiger charge is 2.55. The number of fused-ring (bicyclic) bond motifs is 1. The van der Waals surface area contributed by atoms with Gasteiger partial charge < -0.3 is 10.0 Å². The van der Waals surface area contributed by atoms with Crippen molar-refractivity contribution in [3.63, 3.8) is 0 Å². The molecule has 4 atom stereocenters. The van der Waals surface area contributed by atoms with E-state index in [9.17, 15) is 5.11 Å². The Bertz CT molecular complexity index is 452. The average molecular weight is 291 g/mol. The fraction of sp³-hybridized carbons (Fsp3) is 0.647. The summed E-state index contributed by atoms with van der Waals surface area (Å²) >= 11 is 2.03. The first-order chi connectivity index (χ1) is 9.67. The van der Waals surface area contributed by atoms with Crippen LogP contribution in [0.5, 0.6) is 0 Å². The molecule has 0 aromatic heterocycles. The molecule has 0 amide bonds. The van der Waals surface area contributed by atoms with Gasteiger partial charge in [-0.1, -0.05) is 25.1 Å². The zero-order chi connectivity index (χ0) is 14.2. The molecule has 0 unspecified atom stereocenters. The van der Waals surface area contributed by atoms with E-state index in [4.69, 9.17) is 0 Å². The largest absolute Gasteiger partial charge is 0.391 e. The lowest BCUT2D eigenvalue weighted by Gasteiger charge is -2.50. The van der Waals surface area contributed by atoms with Gasteiger partial charge in [0, 0.05) is 21.6 Å². The van der Waals surface area contributed by atoms with E-state index in [1.165, 1.54) is 24.2 Å². The molecule has 3 rings (SSSR count). The second-order valence-electron chi connectivity index (χ2n) is 6.33. The molecule has 110 valence electrons. The van der Waals surface area contributed by atoms with Gasteiger partial charge in [0.25, 0.3) is 0 Å². The van der Waals surface area contributed by atoms with Gasteiger partial charge in [-0.3, -0.25) is 0 Å². The number of likely N-dealkylation sites (N-methyl/N-ethyl adjacent to an activating group) is 1. The molecule has 20 heavy (non-hydrogen) atoms. The molecule has 1 saturated heterocycles. The number of likely N-dealkylation sites (tertiary alicyclic amines) is 1. The highest BCUT2D eigenvalue weighted by molar-refractivity contribution is 8.00. The minimum absolute atomic E-state index is 0.140. The van der Waals surface area contributed by atoms with Crippen molar-refractivity contribution < 1.29 is 5.11 Å². The van der Waals surface area contributed by atoms with Gasteiger partial charge in [0.05, 0.1) is 6.10 Å². The molecular formula is C17H25NOS. The average Bonchev–Trinajstić information content (AvgIpc) is 2.83. The maximum absolute atomic E-state index is 10.4. The zero-order valence-corrected chi connectivity index (χ0v) is 13.3. The van der Waals surface area contributed by atoms with Gasteiger partial charge in [-0.2, -0.15) is 0 Å². The molecule has 0 spiro atoms. The lowest BCUT2D eigenvalue weighted by Crippen LogP contribution is -2.57. The van der Waals surface area contributed by atoms with Crippen molar-refractivity contribution in [3.05, 3.63) is 30.3 Å². The number of rotatable bonds is 3. The van der Waals surface area contributed by atoms with Gasteiger partial charge in [-0.05, 0) is 51.4 Å². The predicted molar refractivity (Wildman–Crippen MR) is 85.1 cm³/mol. The van der Waals surface area contributed by atoms with Gasteiger partial charge >= 0.3 is 0 Å². The standard InChI is InChI=1S/C17H25NOS/c1-3-17-11-9-14(19)16(17)18(2)12-10-15(17)20-13-7-5-4-6-8-13/h4-8,14-16,19H,3,9-12H2,1-2H3/t14-,15-,16-,17+/m0/s1. The number of aliphatic hydroxyl groups is 1. The highest BCUT2D eigenvalue weighted by Crippen LogP contribution is 2.54. The number of hydrogen-bond acceptors (Lipinski definition) is 3. The Morgan fingerprint density at radius 3 is 2.75 bits per heavy atom. The van der Waals surface area contributed by atoms with Crippen molar-refractivity contribution in [2.24, 2.45) is 5.41 Å². The van der Waals surface area contributed by atoms with E-state index in [1.54, 1.807) is 0 Å². The van der Waals surface area contributed by atoms with Crippen LogP contribution in [0.3, 0.4) is 0 Å². The number of aliphatic hydroxyl groups excluding tert-OH is 1. The van der Waals surface area contributed by atoms with E-state index >= 15 is 0 Å². The Hall–Kier alpha value is -0.510. The van der Waals surface area contributed by atoms with Gasteiger partial charge in [0.1, 0.15) is 0 Å². The smallest absolute Gasteiger partial charge is 0.0701 e. The van der Waals surface area contributed by atoms with Crippen LogP contribution in [0.4, 0.5) is 0 Å². The number of hydrogen-bond donors (Lipinski definition) is 1. The molecule has 1 aromatic carbocycles. The van der Waals surface area contributed by atoms with Crippen molar-refractivity contribution >= 4 is 11.8 Å². The second-order valence-corrected chi connectivity index (χ2v) is 7.60. The van der Waals surface area contributed by atoms with E-state index in [-0.39, 0.29) is 11.5 Å². The summed E-state index contributed by atoms with van der Waals surface area (Å²) in [5.74, 6) is 0. The molecule has 3 heteroatoms. The zero-order valence-electron chi connectivity index (χ0n) is 12.5. The topological polar surface area (TPSA) is 23.5 Å². The normalized spacial score (nSPS) is 37.9. The molecule has 0 bridgehead atoms. The van der Waals surface area contributed by atoms with Crippen LogP contribution < -0.4 is 0 Å². The van der Waals surface area contributed by atoms with Crippen LogP contribution in [0.1, 0.15) is 32.6 Å². The molecule has 2 nitrogen and oxygen atoms in total. The fourth-order valence-corrected chi connectivity index (χ4v) is 5.91. The molecule has 1 aromatic rings. The Labute approximate surface area is 126 Å². The first kappa shape index (κ1) is 14.4. The number of nitrogens with zero attached hydrogens (tertiary/aromatic N) is 1.